The fourth-order valence-corrected chi connectivity index (χ4v) is 4.96. The van der Waals surface area contributed by atoms with Gasteiger partial charge in [0.2, 0.25) is 5.91 Å². The molecule has 1 aliphatic heterocycles. The minimum Gasteiger partial charge on any atom is -0.484 e. The number of amides is 3. The third-order valence-corrected chi connectivity index (χ3v) is 6.43. The van der Waals surface area contributed by atoms with Crippen LogP contribution in [0, 0.1) is 5.92 Å². The van der Waals surface area contributed by atoms with Crippen LogP contribution in [0.5, 0.6) is 5.75 Å². The van der Waals surface area contributed by atoms with Crippen LogP contribution in [0.4, 0.5) is 5.69 Å². The molecule has 3 amide bonds. The molecule has 3 unspecified atom stereocenters. The van der Waals surface area contributed by atoms with Gasteiger partial charge < -0.3 is 20.7 Å². The van der Waals surface area contributed by atoms with Crippen LogP contribution in [0.15, 0.2) is 48.5 Å². The predicted molar refractivity (Wildman–Crippen MR) is 122 cm³/mol. The Bertz CT molecular complexity index is 1010. The summed E-state index contributed by atoms with van der Waals surface area (Å²) in [5.74, 6) is -0.119. The van der Waals surface area contributed by atoms with E-state index in [1.165, 1.54) is 0 Å². The lowest BCUT2D eigenvalue weighted by Crippen LogP contribution is -2.47. The van der Waals surface area contributed by atoms with Gasteiger partial charge in [0, 0.05) is 22.3 Å². The van der Waals surface area contributed by atoms with E-state index in [4.69, 9.17) is 22.1 Å². The maximum Gasteiger partial charge on any atom is 0.255 e. The number of ether oxygens (including phenoxy) is 1. The number of halogens is 1. The molecule has 4 rings (SSSR count). The highest BCUT2D eigenvalue weighted by Crippen LogP contribution is 2.41. The van der Waals surface area contributed by atoms with E-state index < -0.39 is 11.9 Å². The molecule has 8 heteroatoms. The number of anilines is 1. The van der Waals surface area contributed by atoms with Crippen LogP contribution < -0.4 is 15.8 Å². The Morgan fingerprint density at radius 1 is 1.09 bits per heavy atom. The Hall–Kier alpha value is -3.06. The molecule has 1 aliphatic carbocycles. The molecule has 1 saturated carbocycles. The average molecular weight is 456 g/mol. The Morgan fingerprint density at radius 3 is 2.56 bits per heavy atom. The number of nitrogens with one attached hydrogen (secondary N) is 1. The number of nitrogens with zero attached hydrogens (tertiary/aromatic N) is 1. The zero-order chi connectivity index (χ0) is 22.7. The van der Waals surface area contributed by atoms with Crippen molar-refractivity contribution in [2.45, 2.75) is 44.2 Å². The number of carbonyl (C=O) groups excluding carboxylic acids is 3. The summed E-state index contributed by atoms with van der Waals surface area (Å²) < 4.78 is 5.25. The van der Waals surface area contributed by atoms with Crippen molar-refractivity contribution in [3.8, 4) is 5.75 Å². The van der Waals surface area contributed by atoms with Crippen molar-refractivity contribution in [2.75, 3.05) is 11.9 Å². The highest BCUT2D eigenvalue weighted by molar-refractivity contribution is 6.31. The Morgan fingerprint density at radius 2 is 1.84 bits per heavy atom. The van der Waals surface area contributed by atoms with Gasteiger partial charge in [0.15, 0.2) is 6.61 Å². The minimum absolute atomic E-state index is 0.0653. The summed E-state index contributed by atoms with van der Waals surface area (Å²) in [5, 5.41) is 3.42. The van der Waals surface area contributed by atoms with Gasteiger partial charge in [-0.25, -0.2) is 0 Å². The van der Waals surface area contributed by atoms with Crippen LogP contribution in [-0.4, -0.2) is 41.3 Å². The van der Waals surface area contributed by atoms with E-state index in [9.17, 15) is 14.4 Å². The molecule has 0 spiro atoms. The van der Waals surface area contributed by atoms with Crippen LogP contribution >= 0.6 is 11.6 Å². The smallest absolute Gasteiger partial charge is 0.255 e. The first-order valence-electron chi connectivity index (χ1n) is 10.8. The van der Waals surface area contributed by atoms with E-state index in [0.717, 1.165) is 25.7 Å². The Balaban J connectivity index is 1.51. The van der Waals surface area contributed by atoms with Crippen LogP contribution in [0.3, 0.4) is 0 Å². The second-order valence-electron chi connectivity index (χ2n) is 8.35. The summed E-state index contributed by atoms with van der Waals surface area (Å²) in [4.78, 5) is 39.3. The molecule has 2 aromatic carbocycles. The average Bonchev–Trinajstić information content (AvgIpc) is 3.18. The fourth-order valence-electron chi connectivity index (χ4n) is 4.77. The molecule has 32 heavy (non-hydrogen) atoms. The lowest BCUT2D eigenvalue weighted by molar-refractivity contribution is -0.120. The van der Waals surface area contributed by atoms with Crippen molar-refractivity contribution >= 4 is 35.0 Å². The van der Waals surface area contributed by atoms with Gasteiger partial charge in [0.1, 0.15) is 11.8 Å². The highest BCUT2D eigenvalue weighted by Gasteiger charge is 2.47. The topological polar surface area (TPSA) is 102 Å². The number of rotatable bonds is 6. The molecule has 0 radical (unpaired) electrons. The van der Waals surface area contributed by atoms with Gasteiger partial charge in [0.05, 0.1) is 0 Å². The number of hydrogen-bond acceptors (Lipinski definition) is 4. The third-order valence-electron chi connectivity index (χ3n) is 6.20. The van der Waals surface area contributed by atoms with Gasteiger partial charge in [-0.2, -0.15) is 0 Å². The van der Waals surface area contributed by atoms with E-state index in [-0.39, 0.29) is 24.5 Å². The molecule has 1 saturated heterocycles. The van der Waals surface area contributed by atoms with Crippen LogP contribution in [-0.2, 0) is 9.59 Å². The zero-order valence-corrected chi connectivity index (χ0v) is 18.4. The van der Waals surface area contributed by atoms with Crippen molar-refractivity contribution in [1.29, 1.82) is 0 Å². The van der Waals surface area contributed by atoms with Crippen molar-refractivity contribution in [1.82, 2.24) is 4.90 Å². The van der Waals surface area contributed by atoms with Crippen molar-refractivity contribution < 1.29 is 19.1 Å². The molecule has 1 heterocycles. The second kappa shape index (κ2) is 9.61. The minimum atomic E-state index is -0.561. The highest BCUT2D eigenvalue weighted by atomic mass is 35.5. The van der Waals surface area contributed by atoms with Crippen molar-refractivity contribution in [3.63, 3.8) is 0 Å². The van der Waals surface area contributed by atoms with Crippen LogP contribution in [0.2, 0.25) is 5.02 Å². The fraction of sp³-hybridized carbons (Fsp3) is 0.375. The first-order chi connectivity index (χ1) is 15.4. The Kier molecular flexibility index (Phi) is 6.65. The standard InChI is InChI=1S/C24H26ClN3O4/c25-17-6-3-5-16(12-17)24(31)28-20-7-2-1-4-15(20)13-21(28)23(30)27-18-8-10-19(11-9-18)32-14-22(26)29/h3,5-6,8-12,15,20-21H,1-2,4,7,13-14H2,(H2,26,29)(H,27,30). The van der Waals surface area contributed by atoms with Gasteiger partial charge in [-0.15, -0.1) is 0 Å². The molecule has 168 valence electrons. The maximum atomic E-state index is 13.4. The van der Waals surface area contributed by atoms with E-state index in [0.29, 0.717) is 34.4 Å². The number of primary amides is 1. The summed E-state index contributed by atoms with van der Waals surface area (Å²) >= 11 is 6.11. The quantitative estimate of drug-likeness (QED) is 0.694. The van der Waals surface area contributed by atoms with E-state index in [1.54, 1.807) is 53.4 Å². The summed E-state index contributed by atoms with van der Waals surface area (Å²) in [5.41, 5.74) is 6.17. The number of carbonyl (C=O) groups is 3. The van der Waals surface area contributed by atoms with Gasteiger partial charge >= 0.3 is 0 Å². The normalized spacial score (nSPS) is 22.2. The SMILES string of the molecule is NC(=O)COc1ccc(NC(=O)C2CC3CCCCC3N2C(=O)c2cccc(Cl)c2)cc1. The van der Waals surface area contributed by atoms with E-state index >= 15 is 0 Å². The lowest BCUT2D eigenvalue weighted by Gasteiger charge is -2.33. The largest absolute Gasteiger partial charge is 0.484 e. The van der Waals surface area contributed by atoms with Gasteiger partial charge in [-0.05, 0) is 67.6 Å². The van der Waals surface area contributed by atoms with E-state index in [1.807, 2.05) is 0 Å². The molecular formula is C24H26ClN3O4. The summed E-state index contributed by atoms with van der Waals surface area (Å²) in [6.07, 6.45) is 4.78. The Labute approximate surface area is 191 Å². The van der Waals surface area contributed by atoms with Crippen molar-refractivity contribution in [2.24, 2.45) is 11.7 Å². The monoisotopic (exact) mass is 455 g/mol. The third kappa shape index (κ3) is 4.88. The number of hydrogen-bond donors (Lipinski definition) is 2. The molecule has 7 nitrogen and oxygen atoms in total. The second-order valence-corrected chi connectivity index (χ2v) is 8.79. The first-order valence-corrected chi connectivity index (χ1v) is 11.2. The summed E-state index contributed by atoms with van der Waals surface area (Å²) in [6, 6.07) is 13.1. The molecule has 3 N–H and O–H groups in total. The van der Waals surface area contributed by atoms with E-state index in [2.05, 4.69) is 5.32 Å². The van der Waals surface area contributed by atoms with Crippen LogP contribution in [0.25, 0.3) is 0 Å². The lowest BCUT2D eigenvalue weighted by atomic mass is 9.84. The maximum absolute atomic E-state index is 13.4. The molecule has 2 fully saturated rings. The van der Waals surface area contributed by atoms with Crippen LogP contribution in [0.1, 0.15) is 42.5 Å². The summed E-state index contributed by atoms with van der Waals surface area (Å²) in [6.45, 7) is -0.211. The summed E-state index contributed by atoms with van der Waals surface area (Å²) in [7, 11) is 0. The molecule has 2 aliphatic rings. The van der Waals surface area contributed by atoms with Gasteiger partial charge in [-0.3, -0.25) is 14.4 Å². The molecule has 3 atom stereocenters. The zero-order valence-electron chi connectivity index (χ0n) is 17.6. The molecular weight excluding hydrogens is 430 g/mol. The number of likely N-dealkylation sites (tertiary alicyclic amines) is 1. The molecule has 2 aromatic rings. The number of benzene rings is 2. The van der Waals surface area contributed by atoms with Gasteiger partial charge in [0.25, 0.3) is 11.8 Å². The molecule has 0 aromatic heterocycles. The van der Waals surface area contributed by atoms with Crippen molar-refractivity contribution in [3.05, 3.63) is 59.1 Å². The van der Waals surface area contributed by atoms with Gasteiger partial charge in [-0.1, -0.05) is 30.5 Å². The molecule has 0 bridgehead atoms. The number of fused-ring (bicyclic) bond motifs is 1. The first kappa shape index (κ1) is 22.1. The number of nitrogens with two attached hydrogens (primary N) is 1. The predicted octanol–water partition coefficient (Wildman–Crippen LogP) is 3.62.